The first kappa shape index (κ1) is 17.5. The summed E-state index contributed by atoms with van der Waals surface area (Å²) in [5, 5.41) is 7.12. The molecule has 0 rings (SSSR count). The van der Waals surface area contributed by atoms with Gasteiger partial charge in [-0.15, -0.1) is 0 Å². The molecule has 5 nitrogen and oxygen atoms in total. The van der Waals surface area contributed by atoms with E-state index in [0.29, 0.717) is 26.4 Å². The van der Waals surface area contributed by atoms with E-state index in [1.807, 2.05) is 0 Å². The molecule has 0 aliphatic rings. The zero-order valence-corrected chi connectivity index (χ0v) is 9.04. The number of carboxylic acid groups (broad SMARTS) is 1. The molecule has 0 aliphatic carbocycles. The molecule has 0 bridgehead atoms. The maximum atomic E-state index is 10.6. The van der Waals surface area contributed by atoms with E-state index in [1.165, 1.54) is 0 Å². The Labute approximate surface area is 91.1 Å². The average Bonchev–Trinajstić information content (AvgIpc) is 2.17. The smallest absolute Gasteiger partial charge is 0.475 e. The van der Waals surface area contributed by atoms with Gasteiger partial charge in [0.15, 0.2) is 0 Å². The summed E-state index contributed by atoms with van der Waals surface area (Å²) in [6, 6.07) is 0. The van der Waals surface area contributed by atoms with Crippen LogP contribution < -0.4 is 0 Å². The molecule has 0 fully saturated rings. The van der Waals surface area contributed by atoms with Crippen molar-refractivity contribution in [2.45, 2.75) is 6.18 Å². The summed E-state index contributed by atoms with van der Waals surface area (Å²) in [7, 11) is 3.30. The molecular weight excluding hydrogens is 233 g/mol. The largest absolute Gasteiger partial charge is 0.490 e. The van der Waals surface area contributed by atoms with Gasteiger partial charge in [0.2, 0.25) is 0 Å². The standard InChI is InChI=1S/C6H14O3.C2HF3O2/c1-7-3-5-9-6-4-8-2;3-2(4,5)1(6)7/h3-6H2,1-2H3;(H,6,7). The summed E-state index contributed by atoms with van der Waals surface area (Å²) in [5.41, 5.74) is 0. The molecule has 16 heavy (non-hydrogen) atoms. The molecule has 1 N–H and O–H groups in total. The van der Waals surface area contributed by atoms with Gasteiger partial charge in [-0.2, -0.15) is 13.2 Å². The molecule has 98 valence electrons. The van der Waals surface area contributed by atoms with Gasteiger partial charge in [-0.3, -0.25) is 0 Å². The highest BCUT2D eigenvalue weighted by atomic mass is 19.4. The van der Waals surface area contributed by atoms with Crippen LogP contribution in [0.25, 0.3) is 0 Å². The van der Waals surface area contributed by atoms with E-state index < -0.39 is 12.1 Å². The molecule has 0 aliphatic heterocycles. The van der Waals surface area contributed by atoms with Crippen molar-refractivity contribution in [1.82, 2.24) is 0 Å². The number of carboxylic acids is 1. The third-order valence-corrected chi connectivity index (χ3v) is 1.11. The maximum Gasteiger partial charge on any atom is 0.490 e. The first-order valence-electron chi connectivity index (χ1n) is 4.22. The van der Waals surface area contributed by atoms with Crippen LogP contribution in [0.15, 0.2) is 0 Å². The zero-order valence-electron chi connectivity index (χ0n) is 9.04. The molecule has 0 saturated carbocycles. The Balaban J connectivity index is 0. The lowest BCUT2D eigenvalue weighted by atomic mass is 10.7. The van der Waals surface area contributed by atoms with E-state index >= 15 is 0 Å². The highest BCUT2D eigenvalue weighted by molar-refractivity contribution is 5.73. The van der Waals surface area contributed by atoms with Crippen LogP contribution in [-0.2, 0) is 19.0 Å². The molecule has 0 aromatic carbocycles. The fourth-order valence-corrected chi connectivity index (χ4v) is 0.387. The monoisotopic (exact) mass is 248 g/mol. The highest BCUT2D eigenvalue weighted by Gasteiger charge is 2.38. The summed E-state index contributed by atoms with van der Waals surface area (Å²) < 4.78 is 46.3. The number of ether oxygens (including phenoxy) is 3. The Hall–Kier alpha value is -0.860. The van der Waals surface area contributed by atoms with Gasteiger partial charge in [0, 0.05) is 14.2 Å². The Bertz CT molecular complexity index is 166. The summed E-state index contributed by atoms with van der Waals surface area (Å²) >= 11 is 0. The van der Waals surface area contributed by atoms with Crippen LogP contribution >= 0.6 is 0 Å². The van der Waals surface area contributed by atoms with E-state index in [1.54, 1.807) is 14.2 Å². The van der Waals surface area contributed by atoms with Gasteiger partial charge < -0.3 is 19.3 Å². The predicted molar refractivity (Wildman–Crippen MR) is 48.3 cm³/mol. The summed E-state index contributed by atoms with van der Waals surface area (Å²) in [6.45, 7) is 2.62. The predicted octanol–water partition coefficient (Wildman–Crippen LogP) is 0.929. The van der Waals surface area contributed by atoms with Crippen LogP contribution in [0.5, 0.6) is 0 Å². The van der Waals surface area contributed by atoms with Gasteiger partial charge in [0.1, 0.15) is 0 Å². The molecule has 0 atom stereocenters. The zero-order chi connectivity index (χ0) is 13.0. The van der Waals surface area contributed by atoms with Gasteiger partial charge in [0.25, 0.3) is 0 Å². The number of rotatable bonds is 6. The van der Waals surface area contributed by atoms with E-state index in [4.69, 9.17) is 24.1 Å². The Kier molecular flexibility index (Phi) is 11.7. The quantitative estimate of drug-likeness (QED) is 0.708. The van der Waals surface area contributed by atoms with Gasteiger partial charge in [-0.1, -0.05) is 0 Å². The second-order valence-electron chi connectivity index (χ2n) is 2.40. The number of alkyl halides is 3. The average molecular weight is 248 g/mol. The van der Waals surface area contributed by atoms with Crippen molar-refractivity contribution >= 4 is 5.97 Å². The lowest BCUT2D eigenvalue weighted by Gasteiger charge is -2.00. The third kappa shape index (κ3) is 15.6. The normalized spacial score (nSPS) is 10.6. The molecule has 0 radical (unpaired) electrons. The first-order chi connectivity index (χ1) is 7.36. The van der Waals surface area contributed by atoms with Crippen molar-refractivity contribution in [3.63, 3.8) is 0 Å². The SMILES string of the molecule is COCCOCCOC.O=C(O)C(F)(F)F. The Morgan fingerprint density at radius 1 is 1.06 bits per heavy atom. The maximum absolute atomic E-state index is 10.6. The van der Waals surface area contributed by atoms with Crippen LogP contribution in [0.1, 0.15) is 0 Å². The summed E-state index contributed by atoms with van der Waals surface area (Å²) in [6.07, 6.45) is -5.08. The van der Waals surface area contributed by atoms with E-state index in [-0.39, 0.29) is 0 Å². The van der Waals surface area contributed by atoms with Crippen LogP contribution in [0, 0.1) is 0 Å². The summed E-state index contributed by atoms with van der Waals surface area (Å²) in [4.78, 5) is 8.90. The van der Waals surface area contributed by atoms with Crippen molar-refractivity contribution in [3.8, 4) is 0 Å². The molecule has 8 heteroatoms. The van der Waals surface area contributed by atoms with Gasteiger partial charge >= 0.3 is 12.1 Å². The highest BCUT2D eigenvalue weighted by Crippen LogP contribution is 2.13. The second kappa shape index (κ2) is 10.7. The van der Waals surface area contributed by atoms with Crippen LogP contribution in [-0.4, -0.2) is 57.9 Å². The molecule has 0 amide bonds. The van der Waals surface area contributed by atoms with Gasteiger partial charge in [-0.25, -0.2) is 4.79 Å². The molecular formula is C8H15F3O5. The minimum atomic E-state index is -5.08. The Morgan fingerprint density at radius 2 is 1.38 bits per heavy atom. The lowest BCUT2D eigenvalue weighted by molar-refractivity contribution is -0.192. The van der Waals surface area contributed by atoms with E-state index in [9.17, 15) is 13.2 Å². The van der Waals surface area contributed by atoms with Crippen molar-refractivity contribution in [1.29, 1.82) is 0 Å². The fourth-order valence-electron chi connectivity index (χ4n) is 0.387. The number of methoxy groups -OCH3 is 2. The van der Waals surface area contributed by atoms with Crippen molar-refractivity contribution in [3.05, 3.63) is 0 Å². The fraction of sp³-hybridized carbons (Fsp3) is 0.875. The molecule has 0 unspecified atom stereocenters. The van der Waals surface area contributed by atoms with Gasteiger partial charge in [0.05, 0.1) is 26.4 Å². The minimum Gasteiger partial charge on any atom is -0.475 e. The number of aliphatic carboxylic acids is 1. The third-order valence-electron chi connectivity index (χ3n) is 1.11. The molecule has 0 heterocycles. The Morgan fingerprint density at radius 3 is 1.56 bits per heavy atom. The van der Waals surface area contributed by atoms with Gasteiger partial charge in [-0.05, 0) is 0 Å². The van der Waals surface area contributed by atoms with Crippen molar-refractivity contribution in [2.75, 3.05) is 40.6 Å². The van der Waals surface area contributed by atoms with E-state index in [0.717, 1.165) is 0 Å². The lowest BCUT2D eigenvalue weighted by Crippen LogP contribution is -2.21. The second-order valence-corrected chi connectivity index (χ2v) is 2.40. The number of carbonyl (C=O) groups is 1. The van der Waals surface area contributed by atoms with E-state index in [2.05, 4.69) is 0 Å². The van der Waals surface area contributed by atoms with Crippen molar-refractivity contribution < 1.29 is 37.3 Å². The molecule has 0 aromatic rings. The molecule has 0 spiro atoms. The van der Waals surface area contributed by atoms with Crippen LogP contribution in [0.2, 0.25) is 0 Å². The number of hydrogen-bond donors (Lipinski definition) is 1. The minimum absolute atomic E-state index is 0.653. The topological polar surface area (TPSA) is 65.0 Å². The molecule has 0 aromatic heterocycles. The number of hydrogen-bond acceptors (Lipinski definition) is 4. The number of halogens is 3. The van der Waals surface area contributed by atoms with Crippen molar-refractivity contribution in [2.24, 2.45) is 0 Å². The summed E-state index contributed by atoms with van der Waals surface area (Å²) in [5.74, 6) is -2.76. The van der Waals surface area contributed by atoms with Crippen LogP contribution in [0.3, 0.4) is 0 Å². The van der Waals surface area contributed by atoms with Crippen LogP contribution in [0.4, 0.5) is 13.2 Å². The molecule has 0 saturated heterocycles. The first-order valence-corrected chi connectivity index (χ1v) is 4.22.